The molecule has 0 radical (unpaired) electrons. The van der Waals surface area contributed by atoms with Crippen LogP contribution in [0.4, 0.5) is 0 Å². The molecule has 0 heterocycles. The fourth-order valence-corrected chi connectivity index (χ4v) is 1.47. The molecule has 1 unspecified atom stereocenters. The quantitative estimate of drug-likeness (QED) is 0.901. The molecule has 0 bridgehead atoms. The average Bonchev–Trinajstić information content (AvgIpc) is 2.49. The smallest absolute Gasteiger partial charge is 0.310 e. The van der Waals surface area contributed by atoms with Gasteiger partial charge in [-0.3, -0.25) is 4.79 Å². The molecular weight excluding hydrogens is 256 g/mol. The van der Waals surface area contributed by atoms with E-state index in [1.807, 2.05) is 30.3 Å². The second-order valence-corrected chi connectivity index (χ2v) is 4.17. The first-order chi connectivity index (χ1) is 9.54. The highest BCUT2D eigenvalue weighted by Crippen LogP contribution is 2.14. The lowest BCUT2D eigenvalue weighted by Gasteiger charge is -2.04. The normalized spacial score (nSPS) is 10.9. The minimum Gasteiger partial charge on any atom is -0.508 e. The van der Waals surface area contributed by atoms with Crippen LogP contribution in [0.15, 0.2) is 54.6 Å². The highest BCUT2D eigenvalue weighted by molar-refractivity contribution is 5.75. The Labute approximate surface area is 118 Å². The van der Waals surface area contributed by atoms with E-state index < -0.39 is 11.9 Å². The Morgan fingerprint density at radius 2 is 1.60 bits per heavy atom. The van der Waals surface area contributed by atoms with Crippen LogP contribution in [-0.4, -0.2) is 23.3 Å². The van der Waals surface area contributed by atoms with Crippen molar-refractivity contribution >= 4 is 5.97 Å². The van der Waals surface area contributed by atoms with E-state index >= 15 is 0 Å². The maximum atomic E-state index is 10.5. The van der Waals surface area contributed by atoms with Crippen LogP contribution in [0.2, 0.25) is 0 Å². The molecule has 106 valence electrons. The molecule has 0 saturated heterocycles. The largest absolute Gasteiger partial charge is 0.508 e. The lowest BCUT2D eigenvalue weighted by atomic mass is 10.0. The van der Waals surface area contributed by atoms with Gasteiger partial charge >= 0.3 is 5.97 Å². The first kappa shape index (κ1) is 15.6. The zero-order chi connectivity index (χ0) is 15.0. The fraction of sp³-hybridized carbons (Fsp3) is 0.188. The number of benzene rings is 2. The van der Waals surface area contributed by atoms with E-state index in [0.717, 1.165) is 11.3 Å². The molecule has 0 aliphatic rings. The van der Waals surface area contributed by atoms with Crippen molar-refractivity contribution in [1.82, 2.24) is 0 Å². The maximum absolute atomic E-state index is 10.5. The Balaban J connectivity index is 0.000000204. The second kappa shape index (κ2) is 7.84. The zero-order valence-corrected chi connectivity index (χ0v) is 11.5. The number of carbonyl (C=O) groups is 1. The van der Waals surface area contributed by atoms with Gasteiger partial charge in [0.2, 0.25) is 0 Å². The first-order valence-electron chi connectivity index (χ1n) is 6.15. The summed E-state index contributed by atoms with van der Waals surface area (Å²) in [5.74, 6) is -0.170. The van der Waals surface area contributed by atoms with Crippen LogP contribution in [0.25, 0.3) is 0 Å². The number of phenols is 1. The van der Waals surface area contributed by atoms with Gasteiger partial charge in [0.05, 0.1) is 13.0 Å². The number of carboxylic acid groups (broad SMARTS) is 1. The Hall–Kier alpha value is -2.49. The van der Waals surface area contributed by atoms with Crippen LogP contribution in [0, 0.1) is 0 Å². The van der Waals surface area contributed by atoms with Crippen molar-refractivity contribution in [2.45, 2.75) is 12.8 Å². The lowest BCUT2D eigenvalue weighted by Crippen LogP contribution is -2.06. The predicted molar refractivity (Wildman–Crippen MR) is 77.2 cm³/mol. The minimum absolute atomic E-state index is 0.260. The van der Waals surface area contributed by atoms with Crippen LogP contribution in [0.5, 0.6) is 11.5 Å². The van der Waals surface area contributed by atoms with Gasteiger partial charge in [-0.1, -0.05) is 30.3 Å². The van der Waals surface area contributed by atoms with Gasteiger partial charge in [-0.15, -0.1) is 0 Å². The van der Waals surface area contributed by atoms with E-state index in [2.05, 4.69) is 0 Å². The lowest BCUT2D eigenvalue weighted by molar-refractivity contribution is -0.138. The fourth-order valence-electron chi connectivity index (χ4n) is 1.47. The Bertz CT molecular complexity index is 520. The van der Waals surface area contributed by atoms with E-state index in [1.165, 1.54) is 0 Å². The van der Waals surface area contributed by atoms with Gasteiger partial charge in [0, 0.05) is 0 Å². The van der Waals surface area contributed by atoms with Crippen molar-refractivity contribution in [2.75, 3.05) is 7.11 Å². The summed E-state index contributed by atoms with van der Waals surface area (Å²) in [6.45, 7) is 1.68. The molecule has 1 atom stereocenters. The topological polar surface area (TPSA) is 66.8 Å². The van der Waals surface area contributed by atoms with Gasteiger partial charge in [-0.25, -0.2) is 0 Å². The van der Waals surface area contributed by atoms with Crippen LogP contribution in [-0.2, 0) is 4.79 Å². The van der Waals surface area contributed by atoms with Gasteiger partial charge in [0.15, 0.2) is 0 Å². The van der Waals surface area contributed by atoms with Crippen molar-refractivity contribution in [3.05, 3.63) is 60.2 Å². The zero-order valence-electron chi connectivity index (χ0n) is 11.5. The number of aromatic hydroxyl groups is 1. The standard InChI is InChI=1S/C9H10O2.C7H8O2/c1-7(9(10)11)8-5-3-2-4-6-8;1-9-7-4-2-6(8)3-5-7/h2-7H,1H3,(H,10,11);2-5,8H,1H3. The van der Waals surface area contributed by atoms with E-state index in [4.69, 9.17) is 14.9 Å². The van der Waals surface area contributed by atoms with Gasteiger partial charge in [0.1, 0.15) is 11.5 Å². The van der Waals surface area contributed by atoms with Gasteiger partial charge in [-0.05, 0) is 36.8 Å². The second-order valence-electron chi connectivity index (χ2n) is 4.17. The van der Waals surface area contributed by atoms with E-state index in [1.54, 1.807) is 38.3 Å². The summed E-state index contributed by atoms with van der Waals surface area (Å²) in [6, 6.07) is 15.8. The van der Waals surface area contributed by atoms with Gasteiger partial charge in [0.25, 0.3) is 0 Å². The summed E-state index contributed by atoms with van der Waals surface area (Å²) in [4.78, 5) is 10.5. The predicted octanol–water partition coefficient (Wildman–Crippen LogP) is 3.28. The molecular formula is C16H18O4. The molecule has 0 saturated carbocycles. The van der Waals surface area contributed by atoms with Crippen LogP contribution < -0.4 is 4.74 Å². The third-order valence-corrected chi connectivity index (χ3v) is 2.74. The number of aliphatic carboxylic acids is 1. The Morgan fingerprint density at radius 1 is 1.05 bits per heavy atom. The Morgan fingerprint density at radius 3 is 2.05 bits per heavy atom. The molecule has 4 heteroatoms. The Kier molecular flexibility index (Phi) is 6.10. The summed E-state index contributed by atoms with van der Waals surface area (Å²) >= 11 is 0. The number of carboxylic acids is 1. The minimum atomic E-state index is -0.781. The van der Waals surface area contributed by atoms with Crippen LogP contribution in [0.3, 0.4) is 0 Å². The van der Waals surface area contributed by atoms with Crippen molar-refractivity contribution in [2.24, 2.45) is 0 Å². The van der Waals surface area contributed by atoms with Crippen molar-refractivity contribution in [1.29, 1.82) is 0 Å². The third kappa shape index (κ3) is 5.02. The van der Waals surface area contributed by atoms with Crippen molar-refractivity contribution in [3.63, 3.8) is 0 Å². The molecule has 2 rings (SSSR count). The summed E-state index contributed by atoms with van der Waals surface area (Å²) in [6.07, 6.45) is 0. The molecule has 0 aliphatic carbocycles. The third-order valence-electron chi connectivity index (χ3n) is 2.74. The van der Waals surface area contributed by atoms with E-state index in [0.29, 0.717) is 0 Å². The highest BCUT2D eigenvalue weighted by atomic mass is 16.5. The highest BCUT2D eigenvalue weighted by Gasteiger charge is 2.11. The van der Waals surface area contributed by atoms with Crippen molar-refractivity contribution in [3.8, 4) is 11.5 Å². The molecule has 0 fully saturated rings. The summed E-state index contributed by atoms with van der Waals surface area (Å²) in [5.41, 5.74) is 0.847. The van der Waals surface area contributed by atoms with Gasteiger partial charge < -0.3 is 14.9 Å². The number of rotatable bonds is 3. The molecule has 0 aromatic heterocycles. The number of phenolic OH excluding ortho intramolecular Hbond substituents is 1. The molecule has 0 spiro atoms. The molecule has 2 aromatic carbocycles. The maximum Gasteiger partial charge on any atom is 0.310 e. The first-order valence-corrected chi connectivity index (χ1v) is 6.15. The molecule has 20 heavy (non-hydrogen) atoms. The monoisotopic (exact) mass is 274 g/mol. The van der Waals surface area contributed by atoms with E-state index in [9.17, 15) is 4.79 Å². The van der Waals surface area contributed by atoms with E-state index in [-0.39, 0.29) is 5.75 Å². The van der Waals surface area contributed by atoms with Crippen LogP contribution >= 0.6 is 0 Å². The molecule has 0 amide bonds. The number of methoxy groups -OCH3 is 1. The molecule has 0 aliphatic heterocycles. The number of hydrogen-bond acceptors (Lipinski definition) is 3. The molecule has 2 N–H and O–H groups in total. The summed E-state index contributed by atoms with van der Waals surface area (Å²) in [5, 5.41) is 17.4. The summed E-state index contributed by atoms with van der Waals surface area (Å²) in [7, 11) is 1.59. The van der Waals surface area contributed by atoms with Gasteiger partial charge in [-0.2, -0.15) is 0 Å². The summed E-state index contributed by atoms with van der Waals surface area (Å²) < 4.78 is 4.86. The number of ether oxygens (including phenoxy) is 1. The number of hydrogen-bond donors (Lipinski definition) is 2. The molecule has 4 nitrogen and oxygen atoms in total. The molecule has 2 aromatic rings. The van der Waals surface area contributed by atoms with Crippen molar-refractivity contribution < 1.29 is 19.7 Å². The van der Waals surface area contributed by atoms with Crippen LogP contribution in [0.1, 0.15) is 18.4 Å². The SMILES string of the molecule is CC(C(=O)O)c1ccccc1.COc1ccc(O)cc1. The average molecular weight is 274 g/mol.